The summed E-state index contributed by atoms with van der Waals surface area (Å²) in [5.74, 6) is -0.544. The van der Waals surface area contributed by atoms with E-state index in [4.69, 9.17) is 4.74 Å². The van der Waals surface area contributed by atoms with Gasteiger partial charge in [0.05, 0.1) is 0 Å². The molecule has 0 atom stereocenters. The van der Waals surface area contributed by atoms with Gasteiger partial charge in [-0.15, -0.1) is 10.2 Å². The quantitative estimate of drug-likeness (QED) is 0.344. The van der Waals surface area contributed by atoms with Crippen molar-refractivity contribution in [1.82, 2.24) is 15.5 Å². The molecule has 0 radical (unpaired) electrons. The van der Waals surface area contributed by atoms with E-state index in [1.54, 1.807) is 24.3 Å². The van der Waals surface area contributed by atoms with Crippen LogP contribution in [0.25, 0.3) is 0 Å². The Morgan fingerprint density at radius 2 is 1.69 bits per heavy atom. The van der Waals surface area contributed by atoms with Gasteiger partial charge in [0.2, 0.25) is 5.01 Å². The van der Waals surface area contributed by atoms with Gasteiger partial charge in [0, 0.05) is 17.8 Å². The second-order valence-electron chi connectivity index (χ2n) is 7.63. The first kappa shape index (κ1) is 24.0. The number of anilines is 1. The fourth-order valence-electron chi connectivity index (χ4n) is 3.18. The number of aryl methyl sites for hydroxylation is 1. The van der Waals surface area contributed by atoms with Crippen LogP contribution in [0.15, 0.2) is 72.8 Å². The zero-order chi connectivity index (χ0) is 24.6. The molecule has 9 heteroatoms. The molecule has 0 aliphatic rings. The fraction of sp³-hybridized carbons (Fsp3) is 0.154. The lowest BCUT2D eigenvalue weighted by atomic mass is 10.1. The van der Waals surface area contributed by atoms with Gasteiger partial charge in [-0.3, -0.25) is 9.59 Å². The third-order valence-electron chi connectivity index (χ3n) is 5.10. The average molecular weight is 491 g/mol. The number of ether oxygens (including phenoxy) is 1. The minimum atomic E-state index is -0.441. The second-order valence-corrected chi connectivity index (χ2v) is 8.69. The predicted molar refractivity (Wildman–Crippen MR) is 132 cm³/mol. The van der Waals surface area contributed by atoms with Crippen LogP contribution >= 0.6 is 11.3 Å². The number of benzene rings is 3. The summed E-state index contributed by atoms with van der Waals surface area (Å²) in [7, 11) is 0. The third kappa shape index (κ3) is 6.70. The first-order valence-electron chi connectivity index (χ1n) is 11.0. The molecular formula is C26H23FN4O3S. The maximum Gasteiger partial charge on any atom is 0.286 e. The fourth-order valence-corrected chi connectivity index (χ4v) is 3.83. The molecule has 0 spiro atoms. The van der Waals surface area contributed by atoms with E-state index in [0.29, 0.717) is 28.6 Å². The molecule has 35 heavy (non-hydrogen) atoms. The lowest BCUT2D eigenvalue weighted by Gasteiger charge is -2.08. The number of carbonyl (C=O) groups is 2. The van der Waals surface area contributed by atoms with Crippen molar-refractivity contribution in [3.63, 3.8) is 0 Å². The maximum absolute atomic E-state index is 13.0. The van der Waals surface area contributed by atoms with E-state index >= 15 is 0 Å². The lowest BCUT2D eigenvalue weighted by Crippen LogP contribution is -2.23. The van der Waals surface area contributed by atoms with Crippen LogP contribution in [-0.4, -0.2) is 22.0 Å². The van der Waals surface area contributed by atoms with E-state index in [9.17, 15) is 14.0 Å². The Kier molecular flexibility index (Phi) is 7.79. The van der Waals surface area contributed by atoms with E-state index in [0.717, 1.165) is 23.3 Å². The molecule has 0 unspecified atom stereocenters. The number of hydrogen-bond acceptors (Lipinski definition) is 6. The zero-order valence-electron chi connectivity index (χ0n) is 19.0. The van der Waals surface area contributed by atoms with Crippen LogP contribution in [0.2, 0.25) is 0 Å². The number of halogens is 1. The first-order valence-corrected chi connectivity index (χ1v) is 11.8. The Bertz CT molecular complexity index is 1310. The monoisotopic (exact) mass is 490 g/mol. The highest BCUT2D eigenvalue weighted by Crippen LogP contribution is 2.18. The molecule has 0 saturated carbocycles. The number of hydrogen-bond donors (Lipinski definition) is 2. The summed E-state index contributed by atoms with van der Waals surface area (Å²) in [6.07, 6.45) is 0.966. The molecule has 0 aliphatic heterocycles. The highest BCUT2D eigenvalue weighted by Gasteiger charge is 2.15. The van der Waals surface area contributed by atoms with Crippen molar-refractivity contribution >= 4 is 28.8 Å². The van der Waals surface area contributed by atoms with Gasteiger partial charge in [0.1, 0.15) is 18.2 Å². The summed E-state index contributed by atoms with van der Waals surface area (Å²) in [5, 5.41) is 14.2. The summed E-state index contributed by atoms with van der Waals surface area (Å²) >= 11 is 1.09. The van der Waals surface area contributed by atoms with Crippen molar-refractivity contribution in [2.45, 2.75) is 26.5 Å². The molecule has 0 aliphatic carbocycles. The molecule has 4 rings (SSSR count). The topological polar surface area (TPSA) is 93.2 Å². The van der Waals surface area contributed by atoms with Gasteiger partial charge >= 0.3 is 0 Å². The van der Waals surface area contributed by atoms with Crippen molar-refractivity contribution in [3.8, 4) is 5.75 Å². The Morgan fingerprint density at radius 1 is 0.943 bits per heavy atom. The highest BCUT2D eigenvalue weighted by molar-refractivity contribution is 7.13. The van der Waals surface area contributed by atoms with Crippen LogP contribution in [0, 0.1) is 5.82 Å². The van der Waals surface area contributed by atoms with Crippen LogP contribution in [0.4, 0.5) is 10.1 Å². The van der Waals surface area contributed by atoms with E-state index < -0.39 is 5.91 Å². The number of nitrogens with one attached hydrogen (secondary N) is 2. The molecule has 0 bridgehead atoms. The lowest BCUT2D eigenvalue weighted by molar-refractivity contribution is 0.0949. The normalized spacial score (nSPS) is 10.6. The summed E-state index contributed by atoms with van der Waals surface area (Å²) in [5.41, 5.74) is 3.15. The molecule has 0 saturated heterocycles. The van der Waals surface area contributed by atoms with Gasteiger partial charge in [-0.1, -0.05) is 48.6 Å². The van der Waals surface area contributed by atoms with E-state index in [-0.39, 0.29) is 23.3 Å². The van der Waals surface area contributed by atoms with Crippen LogP contribution in [-0.2, 0) is 19.6 Å². The molecule has 1 heterocycles. The first-order chi connectivity index (χ1) is 17.0. The Balaban J connectivity index is 1.31. The second kappa shape index (κ2) is 11.3. The molecule has 1 aromatic heterocycles. The van der Waals surface area contributed by atoms with Gasteiger partial charge in [0.15, 0.2) is 5.01 Å². The number of amides is 2. The predicted octanol–water partition coefficient (Wildman–Crippen LogP) is 5.00. The molecule has 2 amide bonds. The van der Waals surface area contributed by atoms with E-state index in [1.165, 1.54) is 29.8 Å². The van der Waals surface area contributed by atoms with Gasteiger partial charge in [-0.05, 0) is 60.0 Å². The van der Waals surface area contributed by atoms with Crippen molar-refractivity contribution < 1.29 is 18.7 Å². The number of rotatable bonds is 9. The summed E-state index contributed by atoms with van der Waals surface area (Å²) in [6.45, 7) is 2.61. The maximum atomic E-state index is 13.0. The van der Waals surface area contributed by atoms with Gasteiger partial charge < -0.3 is 15.4 Å². The van der Waals surface area contributed by atoms with E-state index in [2.05, 4.69) is 27.8 Å². The van der Waals surface area contributed by atoms with Crippen LogP contribution in [0.5, 0.6) is 5.75 Å². The number of nitrogens with zero attached hydrogens (tertiary/aromatic N) is 2. The zero-order valence-corrected chi connectivity index (χ0v) is 19.8. The molecule has 0 fully saturated rings. The SMILES string of the molecule is CCc1ccc(CNC(=O)c2cccc(NC(=O)c3nnc(COc4ccc(F)cc4)s3)c2)cc1. The minimum absolute atomic E-state index is 0.105. The third-order valence-corrected chi connectivity index (χ3v) is 6.00. The van der Waals surface area contributed by atoms with Crippen LogP contribution in [0.3, 0.4) is 0 Å². The number of carbonyl (C=O) groups excluding carboxylic acids is 2. The molecule has 2 N–H and O–H groups in total. The Morgan fingerprint density at radius 3 is 2.43 bits per heavy atom. The molecular weight excluding hydrogens is 467 g/mol. The van der Waals surface area contributed by atoms with Crippen molar-refractivity contribution in [1.29, 1.82) is 0 Å². The molecule has 3 aromatic carbocycles. The molecule has 178 valence electrons. The van der Waals surface area contributed by atoms with Gasteiger partial charge in [-0.2, -0.15) is 0 Å². The van der Waals surface area contributed by atoms with E-state index in [1.807, 2.05) is 24.3 Å². The Labute approximate surface area is 206 Å². The number of aromatic nitrogens is 2. The summed E-state index contributed by atoms with van der Waals surface area (Å²) < 4.78 is 18.5. The average Bonchev–Trinajstić information content (AvgIpc) is 3.37. The van der Waals surface area contributed by atoms with Crippen molar-refractivity contribution in [3.05, 3.63) is 105 Å². The largest absolute Gasteiger partial charge is 0.486 e. The molecule has 7 nitrogen and oxygen atoms in total. The Hall–Kier alpha value is -4.11. The van der Waals surface area contributed by atoms with Gasteiger partial charge in [0.25, 0.3) is 11.8 Å². The van der Waals surface area contributed by atoms with Crippen molar-refractivity contribution in [2.75, 3.05) is 5.32 Å². The standard InChI is InChI=1S/C26H23FN4O3S/c1-2-17-6-8-18(9-7-17)15-28-24(32)19-4-3-5-21(14-19)29-25(33)26-31-30-23(35-26)16-34-22-12-10-20(27)11-13-22/h3-14H,2,15-16H2,1H3,(H,28,32)(H,29,33). The van der Waals surface area contributed by atoms with Crippen molar-refractivity contribution in [2.24, 2.45) is 0 Å². The minimum Gasteiger partial charge on any atom is -0.486 e. The summed E-state index contributed by atoms with van der Waals surface area (Å²) in [4.78, 5) is 25.2. The van der Waals surface area contributed by atoms with Gasteiger partial charge in [-0.25, -0.2) is 4.39 Å². The summed E-state index contributed by atoms with van der Waals surface area (Å²) in [6, 6.07) is 20.4. The highest BCUT2D eigenvalue weighted by atomic mass is 32.1. The van der Waals surface area contributed by atoms with Crippen LogP contribution in [0.1, 0.15) is 43.2 Å². The molecule has 4 aromatic rings. The van der Waals surface area contributed by atoms with Crippen LogP contribution < -0.4 is 15.4 Å². The smallest absolute Gasteiger partial charge is 0.286 e.